The predicted octanol–water partition coefficient (Wildman–Crippen LogP) is 2.65. The van der Waals surface area contributed by atoms with Crippen molar-refractivity contribution < 1.29 is 9.53 Å². The second-order valence-corrected chi connectivity index (χ2v) is 2.96. The molecular formula is C12H14O2. The van der Waals surface area contributed by atoms with Gasteiger partial charge in [0.1, 0.15) is 6.61 Å². The first-order valence-corrected chi connectivity index (χ1v) is 4.58. The third kappa shape index (κ3) is 3.05. The number of allylic oxidation sites excluding steroid dienone is 1. The van der Waals surface area contributed by atoms with Crippen molar-refractivity contribution in [3.8, 4) is 0 Å². The summed E-state index contributed by atoms with van der Waals surface area (Å²) in [6, 6.07) is 9.89. The largest absolute Gasteiger partial charge is 0.461 e. The Morgan fingerprint density at radius 1 is 1.36 bits per heavy atom. The van der Waals surface area contributed by atoms with Gasteiger partial charge in [0, 0.05) is 6.92 Å². The van der Waals surface area contributed by atoms with E-state index in [9.17, 15) is 4.79 Å². The summed E-state index contributed by atoms with van der Waals surface area (Å²) in [6.45, 7) is 3.69. The molecule has 0 aromatic heterocycles. The van der Waals surface area contributed by atoms with Crippen molar-refractivity contribution in [3.05, 3.63) is 42.0 Å². The molecule has 0 aliphatic heterocycles. The molecule has 0 atom stereocenters. The predicted molar refractivity (Wildman–Crippen MR) is 56.7 cm³/mol. The van der Waals surface area contributed by atoms with Crippen LogP contribution in [0, 0.1) is 0 Å². The van der Waals surface area contributed by atoms with Gasteiger partial charge in [-0.15, -0.1) is 0 Å². The van der Waals surface area contributed by atoms with Gasteiger partial charge in [-0.2, -0.15) is 0 Å². The lowest BCUT2D eigenvalue weighted by Crippen LogP contribution is -2.02. The number of benzene rings is 1. The molecule has 2 heteroatoms. The zero-order chi connectivity index (χ0) is 10.4. The zero-order valence-corrected chi connectivity index (χ0v) is 8.49. The molecule has 0 fully saturated rings. The molecule has 14 heavy (non-hydrogen) atoms. The molecule has 0 heterocycles. The van der Waals surface area contributed by atoms with Gasteiger partial charge in [-0.1, -0.05) is 36.4 Å². The second-order valence-electron chi connectivity index (χ2n) is 2.96. The van der Waals surface area contributed by atoms with Crippen molar-refractivity contribution >= 4 is 11.5 Å². The van der Waals surface area contributed by atoms with Gasteiger partial charge in [0.15, 0.2) is 0 Å². The summed E-state index contributed by atoms with van der Waals surface area (Å²) in [6.07, 6.45) is 1.96. The summed E-state index contributed by atoms with van der Waals surface area (Å²) in [7, 11) is 0. The van der Waals surface area contributed by atoms with Gasteiger partial charge in [0.2, 0.25) is 0 Å². The zero-order valence-electron chi connectivity index (χ0n) is 8.49. The summed E-state index contributed by atoms with van der Waals surface area (Å²) >= 11 is 0. The molecule has 2 nitrogen and oxygen atoms in total. The Morgan fingerprint density at radius 3 is 2.50 bits per heavy atom. The maximum absolute atomic E-state index is 10.6. The van der Waals surface area contributed by atoms with E-state index in [0.29, 0.717) is 6.61 Å². The molecule has 0 aliphatic carbocycles. The summed E-state index contributed by atoms with van der Waals surface area (Å²) < 4.78 is 4.94. The standard InChI is InChI=1S/C12H14O2/c1-3-11(9-14-10(2)13)12-7-5-4-6-8-12/h3-8H,9H2,1-2H3. The quantitative estimate of drug-likeness (QED) is 0.685. The van der Waals surface area contributed by atoms with Crippen LogP contribution in [0.25, 0.3) is 5.57 Å². The monoisotopic (exact) mass is 190 g/mol. The first-order valence-electron chi connectivity index (χ1n) is 4.58. The van der Waals surface area contributed by atoms with Crippen LogP contribution in [0.15, 0.2) is 36.4 Å². The van der Waals surface area contributed by atoms with E-state index < -0.39 is 0 Å². The van der Waals surface area contributed by atoms with Crippen molar-refractivity contribution in [1.29, 1.82) is 0 Å². The second kappa shape index (κ2) is 5.22. The molecule has 0 radical (unpaired) electrons. The number of hydrogen-bond acceptors (Lipinski definition) is 2. The van der Waals surface area contributed by atoms with Crippen LogP contribution in [0.1, 0.15) is 19.4 Å². The Hall–Kier alpha value is -1.57. The fraction of sp³-hybridized carbons (Fsp3) is 0.250. The Morgan fingerprint density at radius 2 is 2.00 bits per heavy atom. The highest BCUT2D eigenvalue weighted by molar-refractivity contribution is 5.71. The summed E-state index contributed by atoms with van der Waals surface area (Å²) in [4.78, 5) is 10.6. The van der Waals surface area contributed by atoms with Gasteiger partial charge in [-0.3, -0.25) is 4.79 Å². The van der Waals surface area contributed by atoms with Gasteiger partial charge in [0.05, 0.1) is 0 Å². The molecule has 0 N–H and O–H groups in total. The Labute approximate surface area is 84.2 Å². The molecule has 0 unspecified atom stereocenters. The molecule has 0 saturated heterocycles. The third-order valence-corrected chi connectivity index (χ3v) is 1.92. The SMILES string of the molecule is CC=C(COC(C)=O)c1ccccc1. The Bertz CT molecular complexity index is 325. The normalized spacial score (nSPS) is 11.1. The molecule has 0 aliphatic rings. The Kier molecular flexibility index (Phi) is 3.92. The van der Waals surface area contributed by atoms with Crippen molar-refractivity contribution in [1.82, 2.24) is 0 Å². The maximum Gasteiger partial charge on any atom is 0.302 e. The molecule has 1 rings (SSSR count). The molecule has 0 bridgehead atoms. The summed E-state index contributed by atoms with van der Waals surface area (Å²) in [5.41, 5.74) is 2.12. The number of carbonyl (C=O) groups is 1. The minimum atomic E-state index is -0.250. The number of hydrogen-bond donors (Lipinski definition) is 0. The summed E-state index contributed by atoms with van der Waals surface area (Å²) in [5.74, 6) is -0.250. The topological polar surface area (TPSA) is 26.3 Å². The van der Waals surface area contributed by atoms with E-state index in [1.165, 1.54) is 6.92 Å². The van der Waals surface area contributed by atoms with E-state index in [1.54, 1.807) is 0 Å². The lowest BCUT2D eigenvalue weighted by Gasteiger charge is -2.06. The summed E-state index contributed by atoms with van der Waals surface area (Å²) in [5, 5.41) is 0. The van der Waals surface area contributed by atoms with Gasteiger partial charge in [-0.05, 0) is 18.1 Å². The minimum Gasteiger partial charge on any atom is -0.461 e. The van der Waals surface area contributed by atoms with Gasteiger partial charge in [0.25, 0.3) is 0 Å². The lowest BCUT2D eigenvalue weighted by atomic mass is 10.1. The van der Waals surface area contributed by atoms with Gasteiger partial charge >= 0.3 is 5.97 Å². The number of ether oxygens (including phenoxy) is 1. The first-order chi connectivity index (χ1) is 6.74. The van der Waals surface area contributed by atoms with E-state index in [1.807, 2.05) is 43.3 Å². The molecule has 0 spiro atoms. The molecular weight excluding hydrogens is 176 g/mol. The van der Waals surface area contributed by atoms with Crippen LogP contribution in [-0.4, -0.2) is 12.6 Å². The number of rotatable bonds is 3. The van der Waals surface area contributed by atoms with E-state index in [0.717, 1.165) is 11.1 Å². The molecule has 1 aromatic carbocycles. The van der Waals surface area contributed by atoms with Crippen LogP contribution in [0.4, 0.5) is 0 Å². The smallest absolute Gasteiger partial charge is 0.302 e. The maximum atomic E-state index is 10.6. The van der Waals surface area contributed by atoms with Crippen LogP contribution < -0.4 is 0 Å². The van der Waals surface area contributed by atoms with Crippen molar-refractivity contribution in [2.45, 2.75) is 13.8 Å². The van der Waals surface area contributed by atoms with E-state index in [2.05, 4.69) is 0 Å². The fourth-order valence-electron chi connectivity index (χ4n) is 1.16. The molecule has 1 aromatic rings. The minimum absolute atomic E-state index is 0.250. The van der Waals surface area contributed by atoms with Crippen LogP contribution in [0.5, 0.6) is 0 Å². The Balaban J connectivity index is 2.69. The van der Waals surface area contributed by atoms with E-state index >= 15 is 0 Å². The average Bonchev–Trinajstić information content (AvgIpc) is 2.20. The highest BCUT2D eigenvalue weighted by atomic mass is 16.5. The number of carbonyl (C=O) groups excluding carboxylic acids is 1. The van der Waals surface area contributed by atoms with Gasteiger partial charge in [-0.25, -0.2) is 0 Å². The molecule has 74 valence electrons. The fourth-order valence-corrected chi connectivity index (χ4v) is 1.16. The van der Waals surface area contributed by atoms with Crippen LogP contribution in [0.3, 0.4) is 0 Å². The molecule has 0 saturated carbocycles. The first kappa shape index (κ1) is 10.5. The van der Waals surface area contributed by atoms with Crippen molar-refractivity contribution in [2.24, 2.45) is 0 Å². The van der Waals surface area contributed by atoms with Crippen LogP contribution in [0.2, 0.25) is 0 Å². The van der Waals surface area contributed by atoms with Crippen LogP contribution in [-0.2, 0) is 9.53 Å². The van der Waals surface area contributed by atoms with Crippen LogP contribution >= 0.6 is 0 Å². The number of esters is 1. The third-order valence-electron chi connectivity index (χ3n) is 1.92. The highest BCUT2D eigenvalue weighted by Crippen LogP contribution is 2.13. The lowest BCUT2D eigenvalue weighted by molar-refractivity contribution is -0.139. The van der Waals surface area contributed by atoms with E-state index in [-0.39, 0.29) is 5.97 Å². The van der Waals surface area contributed by atoms with Gasteiger partial charge < -0.3 is 4.74 Å². The van der Waals surface area contributed by atoms with E-state index in [4.69, 9.17) is 4.74 Å². The average molecular weight is 190 g/mol. The highest BCUT2D eigenvalue weighted by Gasteiger charge is 2.01. The van der Waals surface area contributed by atoms with Crippen molar-refractivity contribution in [3.63, 3.8) is 0 Å². The molecule has 0 amide bonds. The van der Waals surface area contributed by atoms with Crippen molar-refractivity contribution in [2.75, 3.05) is 6.61 Å².